The SMILES string of the molecule is CCOC(=O)c1c(C)n(Cc2ccccc2)c2ccc(OC(=O)[C@H](C)N3C(=O)c4ccccc4C3=O)cc12. The number of carbonyl (C=O) groups is 4. The first-order chi connectivity index (χ1) is 18.3. The highest BCUT2D eigenvalue weighted by atomic mass is 16.5. The molecular weight excluding hydrogens is 484 g/mol. The van der Waals surface area contributed by atoms with Crippen molar-refractivity contribution in [1.82, 2.24) is 9.47 Å². The van der Waals surface area contributed by atoms with E-state index in [1.807, 2.05) is 41.8 Å². The van der Waals surface area contributed by atoms with E-state index in [0.717, 1.165) is 21.7 Å². The number of imide groups is 1. The van der Waals surface area contributed by atoms with Crippen molar-refractivity contribution < 1.29 is 28.7 Å². The Labute approximate surface area is 219 Å². The molecule has 8 nitrogen and oxygen atoms in total. The Morgan fingerprint density at radius 3 is 2.16 bits per heavy atom. The second-order valence-electron chi connectivity index (χ2n) is 9.05. The zero-order valence-electron chi connectivity index (χ0n) is 21.3. The Kier molecular flexibility index (Phi) is 6.55. The maximum atomic E-state index is 13.0. The number of amides is 2. The molecule has 192 valence electrons. The minimum Gasteiger partial charge on any atom is -0.462 e. The molecule has 0 saturated carbocycles. The van der Waals surface area contributed by atoms with Gasteiger partial charge in [-0.1, -0.05) is 42.5 Å². The van der Waals surface area contributed by atoms with Crippen LogP contribution in [0.3, 0.4) is 0 Å². The summed E-state index contributed by atoms with van der Waals surface area (Å²) in [6.45, 7) is 5.80. The predicted molar refractivity (Wildman–Crippen MR) is 140 cm³/mol. The number of aromatic nitrogens is 1. The van der Waals surface area contributed by atoms with Crippen molar-refractivity contribution in [2.24, 2.45) is 0 Å². The molecule has 1 atom stereocenters. The largest absolute Gasteiger partial charge is 0.462 e. The molecule has 0 aliphatic carbocycles. The van der Waals surface area contributed by atoms with Crippen molar-refractivity contribution >= 4 is 34.7 Å². The second kappa shape index (κ2) is 9.97. The lowest BCUT2D eigenvalue weighted by atomic mass is 10.1. The van der Waals surface area contributed by atoms with Crippen LogP contribution in [0.25, 0.3) is 10.9 Å². The number of fused-ring (bicyclic) bond motifs is 2. The number of nitrogens with zero attached hydrogens (tertiary/aromatic N) is 2. The number of benzene rings is 3. The molecule has 2 amide bonds. The van der Waals surface area contributed by atoms with Crippen molar-refractivity contribution in [3.63, 3.8) is 0 Å². The summed E-state index contributed by atoms with van der Waals surface area (Å²) < 4.78 is 12.9. The summed E-state index contributed by atoms with van der Waals surface area (Å²) in [5, 5.41) is 0.579. The van der Waals surface area contributed by atoms with E-state index in [1.165, 1.54) is 6.92 Å². The molecule has 0 bridgehead atoms. The van der Waals surface area contributed by atoms with Gasteiger partial charge in [-0.15, -0.1) is 0 Å². The van der Waals surface area contributed by atoms with E-state index >= 15 is 0 Å². The van der Waals surface area contributed by atoms with Gasteiger partial charge in [0.2, 0.25) is 0 Å². The summed E-state index contributed by atoms with van der Waals surface area (Å²) in [4.78, 5) is 52.5. The van der Waals surface area contributed by atoms with Crippen LogP contribution in [0.4, 0.5) is 0 Å². The van der Waals surface area contributed by atoms with Crippen LogP contribution < -0.4 is 4.74 Å². The molecule has 8 heteroatoms. The highest BCUT2D eigenvalue weighted by Gasteiger charge is 2.41. The van der Waals surface area contributed by atoms with Gasteiger partial charge in [0.25, 0.3) is 11.8 Å². The molecule has 1 aliphatic rings. The first kappa shape index (κ1) is 25.0. The van der Waals surface area contributed by atoms with Gasteiger partial charge >= 0.3 is 11.9 Å². The fourth-order valence-corrected chi connectivity index (χ4v) is 4.82. The van der Waals surface area contributed by atoms with E-state index in [-0.39, 0.29) is 23.5 Å². The summed E-state index contributed by atoms with van der Waals surface area (Å²) in [6.07, 6.45) is 0. The summed E-state index contributed by atoms with van der Waals surface area (Å²) in [5.41, 5.74) is 3.48. The number of hydrogen-bond donors (Lipinski definition) is 0. The summed E-state index contributed by atoms with van der Waals surface area (Å²) in [5.74, 6) is -2.12. The smallest absolute Gasteiger partial charge is 0.340 e. The van der Waals surface area contributed by atoms with E-state index in [1.54, 1.807) is 49.4 Å². The minimum atomic E-state index is -1.15. The van der Waals surface area contributed by atoms with Gasteiger partial charge < -0.3 is 14.0 Å². The molecule has 0 unspecified atom stereocenters. The number of ether oxygens (including phenoxy) is 2. The van der Waals surface area contributed by atoms with Crippen molar-refractivity contribution in [3.05, 3.63) is 101 Å². The van der Waals surface area contributed by atoms with Crippen LogP contribution >= 0.6 is 0 Å². The van der Waals surface area contributed by atoms with Gasteiger partial charge in [0, 0.05) is 23.1 Å². The van der Waals surface area contributed by atoms with Crippen LogP contribution in [-0.4, -0.2) is 45.9 Å². The highest BCUT2D eigenvalue weighted by molar-refractivity contribution is 6.22. The Morgan fingerprint density at radius 2 is 1.53 bits per heavy atom. The molecule has 1 aromatic heterocycles. The van der Waals surface area contributed by atoms with Crippen LogP contribution in [0, 0.1) is 6.92 Å². The highest BCUT2D eigenvalue weighted by Crippen LogP contribution is 2.32. The molecule has 4 aromatic rings. The summed E-state index contributed by atoms with van der Waals surface area (Å²) in [7, 11) is 0. The molecule has 1 aliphatic heterocycles. The van der Waals surface area contributed by atoms with E-state index < -0.39 is 29.8 Å². The predicted octanol–water partition coefficient (Wildman–Crippen LogP) is 4.76. The van der Waals surface area contributed by atoms with Crippen molar-refractivity contribution in [3.8, 4) is 5.75 Å². The Hall–Kier alpha value is -4.72. The zero-order valence-corrected chi connectivity index (χ0v) is 21.3. The fourth-order valence-electron chi connectivity index (χ4n) is 4.82. The van der Waals surface area contributed by atoms with Crippen LogP contribution in [-0.2, 0) is 16.1 Å². The molecule has 0 saturated heterocycles. The standard InChI is InChI=1S/C30H26N2O6/c1-4-37-30(36)26-18(2)31(17-20-10-6-5-7-11-20)25-15-14-21(16-24(25)26)38-29(35)19(3)32-27(33)22-12-8-9-13-23(22)28(32)34/h5-16,19H,4,17H2,1-3H3/t19-/m0/s1. The maximum Gasteiger partial charge on any atom is 0.340 e. The fraction of sp³-hybridized carbons (Fsp3) is 0.200. The quantitative estimate of drug-likeness (QED) is 0.202. The molecule has 0 radical (unpaired) electrons. The van der Waals surface area contributed by atoms with Gasteiger partial charge in [-0.05, 0) is 56.7 Å². The molecular formula is C30H26N2O6. The van der Waals surface area contributed by atoms with E-state index in [9.17, 15) is 19.2 Å². The van der Waals surface area contributed by atoms with Crippen LogP contribution in [0.15, 0.2) is 72.8 Å². The molecule has 0 fully saturated rings. The van der Waals surface area contributed by atoms with Crippen LogP contribution in [0.2, 0.25) is 0 Å². The normalized spacial score (nSPS) is 13.5. The number of hydrogen-bond acceptors (Lipinski definition) is 6. The molecule has 0 spiro atoms. The van der Waals surface area contributed by atoms with Crippen LogP contribution in [0.5, 0.6) is 5.75 Å². The lowest BCUT2D eigenvalue weighted by Gasteiger charge is -2.20. The van der Waals surface area contributed by atoms with Crippen molar-refractivity contribution in [2.75, 3.05) is 6.61 Å². The van der Waals surface area contributed by atoms with Crippen molar-refractivity contribution in [1.29, 1.82) is 0 Å². The second-order valence-corrected chi connectivity index (χ2v) is 9.05. The van der Waals surface area contributed by atoms with Gasteiger partial charge in [-0.25, -0.2) is 9.59 Å². The average molecular weight is 511 g/mol. The molecule has 5 rings (SSSR count). The third-order valence-corrected chi connectivity index (χ3v) is 6.73. The average Bonchev–Trinajstić information content (AvgIpc) is 3.33. The van der Waals surface area contributed by atoms with E-state index in [4.69, 9.17) is 9.47 Å². The summed E-state index contributed by atoms with van der Waals surface area (Å²) in [6, 6.07) is 20.2. The summed E-state index contributed by atoms with van der Waals surface area (Å²) >= 11 is 0. The maximum absolute atomic E-state index is 13.0. The lowest BCUT2D eigenvalue weighted by molar-refractivity contribution is -0.138. The third-order valence-electron chi connectivity index (χ3n) is 6.73. The Balaban J connectivity index is 1.46. The lowest BCUT2D eigenvalue weighted by Crippen LogP contribution is -2.44. The Bertz CT molecular complexity index is 1550. The minimum absolute atomic E-state index is 0.188. The van der Waals surface area contributed by atoms with Crippen LogP contribution in [0.1, 0.15) is 56.2 Å². The van der Waals surface area contributed by atoms with Gasteiger partial charge in [0.05, 0.1) is 23.3 Å². The molecule has 38 heavy (non-hydrogen) atoms. The van der Waals surface area contributed by atoms with Gasteiger partial charge in [-0.2, -0.15) is 0 Å². The number of esters is 2. The first-order valence-corrected chi connectivity index (χ1v) is 12.3. The topological polar surface area (TPSA) is 94.9 Å². The van der Waals surface area contributed by atoms with Gasteiger partial charge in [-0.3, -0.25) is 14.5 Å². The number of carbonyl (C=O) groups excluding carboxylic acids is 4. The van der Waals surface area contributed by atoms with Gasteiger partial charge in [0.1, 0.15) is 11.8 Å². The molecule has 2 heterocycles. The van der Waals surface area contributed by atoms with E-state index in [2.05, 4.69) is 0 Å². The Morgan fingerprint density at radius 1 is 0.895 bits per heavy atom. The monoisotopic (exact) mass is 510 g/mol. The zero-order chi connectivity index (χ0) is 27.0. The first-order valence-electron chi connectivity index (χ1n) is 12.3. The number of rotatable bonds is 7. The third kappa shape index (κ3) is 4.24. The molecule has 3 aromatic carbocycles. The van der Waals surface area contributed by atoms with Crippen molar-refractivity contribution in [2.45, 2.75) is 33.4 Å². The molecule has 0 N–H and O–H groups in total. The van der Waals surface area contributed by atoms with E-state index in [0.29, 0.717) is 17.5 Å². The van der Waals surface area contributed by atoms with Gasteiger partial charge in [0.15, 0.2) is 0 Å².